The van der Waals surface area contributed by atoms with Crippen LogP contribution >= 0.6 is 0 Å². The molecule has 0 aliphatic carbocycles. The Kier molecular flexibility index (Phi) is 6.34. The Labute approximate surface area is 155 Å². The maximum atomic E-state index is 12.5. The van der Waals surface area contributed by atoms with E-state index < -0.39 is 0 Å². The third-order valence-corrected chi connectivity index (χ3v) is 5.45. The molecule has 1 aromatic carbocycles. The lowest BCUT2D eigenvalue weighted by Gasteiger charge is -2.23. The van der Waals surface area contributed by atoms with E-state index in [1.165, 1.54) is 12.8 Å². The minimum atomic E-state index is -0.232. The molecule has 2 aliphatic heterocycles. The average molecular weight is 362 g/mol. The minimum Gasteiger partial charge on any atom is -0.493 e. The fourth-order valence-corrected chi connectivity index (χ4v) is 3.90. The highest BCUT2D eigenvalue weighted by molar-refractivity contribution is 5.82. The van der Waals surface area contributed by atoms with Gasteiger partial charge in [-0.15, -0.1) is 0 Å². The summed E-state index contributed by atoms with van der Waals surface area (Å²) in [6.45, 7) is 5.09. The summed E-state index contributed by atoms with van der Waals surface area (Å²) in [7, 11) is 3.25. The van der Waals surface area contributed by atoms with Gasteiger partial charge in [0.05, 0.1) is 14.2 Å². The molecule has 26 heavy (non-hydrogen) atoms. The van der Waals surface area contributed by atoms with Gasteiger partial charge >= 0.3 is 0 Å². The lowest BCUT2D eigenvalue weighted by Crippen LogP contribution is -2.47. The molecule has 3 N–H and O–H groups in total. The molecule has 3 atom stereocenters. The van der Waals surface area contributed by atoms with E-state index in [1.807, 2.05) is 18.2 Å². The van der Waals surface area contributed by atoms with Crippen LogP contribution in [0.3, 0.4) is 0 Å². The second-order valence-corrected chi connectivity index (χ2v) is 6.91. The lowest BCUT2D eigenvalue weighted by atomic mass is 10.0. The van der Waals surface area contributed by atoms with Crippen molar-refractivity contribution in [2.75, 3.05) is 33.9 Å². The molecule has 1 amide bonds. The topological polar surface area (TPSA) is 74.9 Å². The van der Waals surface area contributed by atoms with Crippen molar-refractivity contribution in [3.8, 4) is 11.5 Å². The number of likely N-dealkylation sites (tertiary alicyclic amines) is 1. The molecule has 2 fully saturated rings. The number of rotatable bonds is 7. The van der Waals surface area contributed by atoms with Gasteiger partial charge in [0.2, 0.25) is 5.91 Å². The quantitative estimate of drug-likeness (QED) is 0.677. The number of likely N-dealkylation sites (N-methyl/N-ethyl adjacent to an activating group) is 1. The van der Waals surface area contributed by atoms with Crippen LogP contribution in [0.1, 0.15) is 37.8 Å². The van der Waals surface area contributed by atoms with Crippen molar-refractivity contribution in [1.82, 2.24) is 21.1 Å². The summed E-state index contributed by atoms with van der Waals surface area (Å²) in [6.07, 6.45) is 3.08. The summed E-state index contributed by atoms with van der Waals surface area (Å²) in [6, 6.07) is 6.14. The number of hydrogen-bond donors (Lipinski definition) is 3. The number of methoxy groups -OCH3 is 2. The third kappa shape index (κ3) is 4.11. The summed E-state index contributed by atoms with van der Waals surface area (Å²) in [5.74, 6) is 1.46. The van der Waals surface area contributed by atoms with Crippen molar-refractivity contribution >= 4 is 5.91 Å². The van der Waals surface area contributed by atoms with E-state index in [9.17, 15) is 4.79 Å². The molecule has 0 spiro atoms. The van der Waals surface area contributed by atoms with E-state index in [0.717, 1.165) is 25.2 Å². The lowest BCUT2D eigenvalue weighted by molar-refractivity contribution is -0.123. The van der Waals surface area contributed by atoms with Gasteiger partial charge in [-0.3, -0.25) is 9.69 Å². The van der Waals surface area contributed by atoms with E-state index in [4.69, 9.17) is 9.47 Å². The van der Waals surface area contributed by atoms with E-state index in [-0.39, 0.29) is 18.0 Å². The Morgan fingerprint density at radius 2 is 2.08 bits per heavy atom. The predicted molar refractivity (Wildman–Crippen MR) is 100 cm³/mol. The summed E-state index contributed by atoms with van der Waals surface area (Å²) in [4.78, 5) is 15.0. The fourth-order valence-electron chi connectivity index (χ4n) is 3.90. The molecular formula is C19H30N4O3. The molecule has 1 aromatic rings. The Balaban J connectivity index is 1.54. The molecular weight excluding hydrogens is 332 g/mol. The van der Waals surface area contributed by atoms with Crippen LogP contribution in [0.2, 0.25) is 0 Å². The highest BCUT2D eigenvalue weighted by atomic mass is 16.5. The zero-order valence-electron chi connectivity index (χ0n) is 15.9. The van der Waals surface area contributed by atoms with Gasteiger partial charge in [-0.25, -0.2) is 10.9 Å². The normalized spacial score (nSPS) is 26.0. The number of amides is 1. The van der Waals surface area contributed by atoms with E-state index >= 15 is 0 Å². The van der Waals surface area contributed by atoms with Gasteiger partial charge in [0.1, 0.15) is 6.04 Å². The number of carbonyl (C=O) groups excluding carboxylic acids is 1. The second kappa shape index (κ2) is 8.70. The van der Waals surface area contributed by atoms with E-state index in [1.54, 1.807) is 14.2 Å². The van der Waals surface area contributed by atoms with Gasteiger partial charge in [0, 0.05) is 18.6 Å². The second-order valence-electron chi connectivity index (χ2n) is 6.91. The largest absolute Gasteiger partial charge is 0.493 e. The van der Waals surface area contributed by atoms with Crippen LogP contribution < -0.4 is 25.6 Å². The first-order valence-corrected chi connectivity index (χ1v) is 9.41. The maximum absolute atomic E-state index is 12.5. The molecule has 3 unspecified atom stereocenters. The summed E-state index contributed by atoms with van der Waals surface area (Å²) in [5.41, 5.74) is 7.41. The van der Waals surface area contributed by atoms with Gasteiger partial charge in [-0.2, -0.15) is 0 Å². The van der Waals surface area contributed by atoms with Crippen LogP contribution in [-0.4, -0.2) is 56.7 Å². The Hall–Kier alpha value is -1.83. The number of hydrazine groups is 1. The fraction of sp³-hybridized carbons (Fsp3) is 0.632. The molecule has 144 valence electrons. The first-order chi connectivity index (χ1) is 12.7. The monoisotopic (exact) mass is 362 g/mol. The molecule has 2 saturated heterocycles. The van der Waals surface area contributed by atoms with Crippen molar-refractivity contribution in [2.24, 2.45) is 0 Å². The van der Waals surface area contributed by atoms with Gasteiger partial charge < -0.3 is 14.8 Å². The SMILES string of the molecule is CCN1CCCC1CNC(=O)C1CC(c2ccc(OC)c(OC)c2)NN1. The zero-order chi connectivity index (χ0) is 18.5. The number of nitrogens with zero attached hydrogens (tertiary/aromatic N) is 1. The molecule has 7 nitrogen and oxygen atoms in total. The van der Waals surface area contributed by atoms with Crippen molar-refractivity contribution in [3.63, 3.8) is 0 Å². The molecule has 0 aromatic heterocycles. The van der Waals surface area contributed by atoms with Crippen molar-refractivity contribution in [2.45, 2.75) is 44.3 Å². The van der Waals surface area contributed by atoms with Crippen molar-refractivity contribution < 1.29 is 14.3 Å². The maximum Gasteiger partial charge on any atom is 0.238 e. The Morgan fingerprint density at radius 3 is 2.81 bits per heavy atom. The summed E-state index contributed by atoms with van der Waals surface area (Å²) >= 11 is 0. The highest BCUT2D eigenvalue weighted by Gasteiger charge is 2.31. The number of benzene rings is 1. The molecule has 2 aliphatic rings. The Bertz CT molecular complexity index is 625. The van der Waals surface area contributed by atoms with E-state index in [0.29, 0.717) is 24.0 Å². The van der Waals surface area contributed by atoms with Crippen molar-refractivity contribution in [1.29, 1.82) is 0 Å². The van der Waals surface area contributed by atoms with Crippen LogP contribution in [0.5, 0.6) is 11.5 Å². The number of nitrogens with one attached hydrogen (secondary N) is 3. The molecule has 0 saturated carbocycles. The first-order valence-electron chi connectivity index (χ1n) is 9.41. The van der Waals surface area contributed by atoms with E-state index in [2.05, 4.69) is 28.0 Å². The molecule has 3 rings (SSSR count). The summed E-state index contributed by atoms with van der Waals surface area (Å²) in [5, 5.41) is 3.12. The van der Waals surface area contributed by atoms with Crippen LogP contribution in [0.4, 0.5) is 0 Å². The first kappa shape index (κ1) is 18.9. The summed E-state index contributed by atoms with van der Waals surface area (Å²) < 4.78 is 10.7. The average Bonchev–Trinajstić information content (AvgIpc) is 3.34. The van der Waals surface area contributed by atoms with Gasteiger partial charge in [-0.1, -0.05) is 13.0 Å². The van der Waals surface area contributed by atoms with Gasteiger partial charge in [0.25, 0.3) is 0 Å². The van der Waals surface area contributed by atoms with Crippen LogP contribution in [0.25, 0.3) is 0 Å². The van der Waals surface area contributed by atoms with Crippen LogP contribution in [0.15, 0.2) is 18.2 Å². The predicted octanol–water partition coefficient (Wildman–Crippen LogP) is 1.21. The van der Waals surface area contributed by atoms with Crippen LogP contribution in [0, 0.1) is 0 Å². The zero-order valence-corrected chi connectivity index (χ0v) is 15.9. The number of ether oxygens (including phenoxy) is 2. The van der Waals surface area contributed by atoms with Crippen molar-refractivity contribution in [3.05, 3.63) is 23.8 Å². The van der Waals surface area contributed by atoms with Gasteiger partial charge in [0.15, 0.2) is 11.5 Å². The molecule has 2 heterocycles. The molecule has 7 heteroatoms. The number of carbonyl (C=O) groups is 1. The minimum absolute atomic E-state index is 0.0587. The molecule has 0 bridgehead atoms. The Morgan fingerprint density at radius 1 is 1.27 bits per heavy atom. The molecule has 0 radical (unpaired) electrons. The third-order valence-electron chi connectivity index (χ3n) is 5.45. The number of hydrogen-bond acceptors (Lipinski definition) is 6. The smallest absolute Gasteiger partial charge is 0.238 e. The standard InChI is InChI=1S/C19H30N4O3/c1-4-23-9-5-6-14(23)12-20-19(24)16-11-15(21-22-16)13-7-8-17(25-2)18(10-13)26-3/h7-8,10,14-16,21-22H,4-6,9,11-12H2,1-3H3,(H,20,24). The van der Waals surface area contributed by atoms with Gasteiger partial charge in [-0.05, 0) is 50.0 Å². The van der Waals surface area contributed by atoms with Crippen LogP contribution in [-0.2, 0) is 4.79 Å². The highest BCUT2D eigenvalue weighted by Crippen LogP contribution is 2.32.